The summed E-state index contributed by atoms with van der Waals surface area (Å²) in [6.45, 7) is 0.706. The molecule has 0 unspecified atom stereocenters. The number of thioether (sulfide) groups is 1. The first-order valence-corrected chi connectivity index (χ1v) is 8.52. The smallest absolute Gasteiger partial charge is 0.386 e. The fourth-order valence-corrected chi connectivity index (χ4v) is 3.57. The summed E-state index contributed by atoms with van der Waals surface area (Å²) < 4.78 is 37.1. The van der Waals surface area contributed by atoms with Crippen molar-refractivity contribution in [2.75, 3.05) is 12.3 Å². The molecule has 1 heterocycles. The van der Waals surface area contributed by atoms with Gasteiger partial charge in [0.1, 0.15) is 5.84 Å². The van der Waals surface area contributed by atoms with Gasteiger partial charge in [-0.05, 0) is 25.0 Å². The van der Waals surface area contributed by atoms with E-state index in [-0.39, 0.29) is 20.4 Å². The Morgan fingerprint density at radius 1 is 1.30 bits per heavy atom. The molecule has 0 saturated heterocycles. The number of hydrogen-bond acceptors (Lipinski definition) is 3. The van der Waals surface area contributed by atoms with Crippen molar-refractivity contribution in [3.63, 3.8) is 0 Å². The Balaban J connectivity index is 1.86. The van der Waals surface area contributed by atoms with Crippen LogP contribution in [0.5, 0.6) is 0 Å². The van der Waals surface area contributed by atoms with E-state index in [2.05, 4.69) is 9.98 Å². The van der Waals surface area contributed by atoms with Gasteiger partial charge in [0.05, 0.1) is 33.4 Å². The minimum atomic E-state index is -4.28. The van der Waals surface area contributed by atoms with Crippen LogP contribution >= 0.6 is 35.0 Å². The largest absolute Gasteiger partial charge is 0.398 e. The minimum absolute atomic E-state index is 0.162. The zero-order chi connectivity index (χ0) is 16.8. The van der Waals surface area contributed by atoms with Gasteiger partial charge in [0.2, 0.25) is 0 Å². The van der Waals surface area contributed by atoms with Gasteiger partial charge in [-0.25, -0.2) is 4.99 Å². The second-order valence-corrected chi connectivity index (χ2v) is 7.31. The van der Waals surface area contributed by atoms with E-state index < -0.39 is 11.9 Å². The molecule has 0 atom stereocenters. The number of alkyl halides is 3. The predicted octanol–water partition coefficient (Wildman–Crippen LogP) is 4.87. The first kappa shape index (κ1) is 16.9. The molecule has 1 saturated carbocycles. The molecule has 2 aliphatic rings. The second kappa shape index (κ2) is 5.86. The highest BCUT2D eigenvalue weighted by Gasteiger charge is 2.53. The zero-order valence-corrected chi connectivity index (χ0v) is 14.1. The van der Waals surface area contributed by atoms with E-state index in [1.807, 2.05) is 0 Å². The number of halogens is 5. The fourth-order valence-electron chi connectivity index (χ4n) is 2.27. The molecule has 0 spiro atoms. The van der Waals surface area contributed by atoms with E-state index in [1.165, 1.54) is 12.1 Å². The molecule has 0 bridgehead atoms. The maximum atomic E-state index is 12.4. The van der Waals surface area contributed by atoms with Crippen molar-refractivity contribution in [1.29, 1.82) is 0 Å². The van der Waals surface area contributed by atoms with Crippen LogP contribution in [0, 0.1) is 5.41 Å². The van der Waals surface area contributed by atoms with Crippen LogP contribution in [0.2, 0.25) is 10.0 Å². The number of aliphatic imine (C=N–C) groups is 2. The summed E-state index contributed by atoms with van der Waals surface area (Å²) in [5, 5.41) is 0.414. The lowest BCUT2D eigenvalue weighted by atomic mass is 10.0. The lowest BCUT2D eigenvalue weighted by Crippen LogP contribution is -2.28. The molecule has 0 radical (unpaired) electrons. The maximum Gasteiger partial charge on any atom is 0.398 e. The molecule has 1 aliphatic carbocycles. The monoisotopic (exact) mass is 381 g/mol. The molecule has 1 aliphatic heterocycles. The van der Waals surface area contributed by atoms with Crippen molar-refractivity contribution in [2.24, 2.45) is 21.1 Å². The number of amidine groups is 1. The standard InChI is InChI=1S/C14H12Cl2F3N3S/c15-7-3-8(16)10(23-6-14(17,18)19)4-9(7)22-12(20)13(1-2-13)11-5-21-11/h3-4H,1-2,5-6H2,(H2,20,22). The Bertz CT molecular complexity index is 712. The van der Waals surface area contributed by atoms with E-state index in [0.29, 0.717) is 29.8 Å². The van der Waals surface area contributed by atoms with Crippen LogP contribution < -0.4 is 5.73 Å². The van der Waals surface area contributed by atoms with Crippen LogP contribution in [-0.2, 0) is 0 Å². The van der Waals surface area contributed by atoms with Gasteiger partial charge < -0.3 is 5.73 Å². The van der Waals surface area contributed by atoms with Crippen molar-refractivity contribution in [1.82, 2.24) is 0 Å². The highest BCUT2D eigenvalue weighted by atomic mass is 35.5. The third-order valence-electron chi connectivity index (χ3n) is 3.74. The van der Waals surface area contributed by atoms with E-state index >= 15 is 0 Å². The van der Waals surface area contributed by atoms with E-state index in [9.17, 15) is 13.2 Å². The highest BCUT2D eigenvalue weighted by molar-refractivity contribution is 7.99. The Hall–Kier alpha value is -0.920. The van der Waals surface area contributed by atoms with Crippen LogP contribution in [0.25, 0.3) is 0 Å². The molecule has 3 nitrogen and oxygen atoms in total. The summed E-state index contributed by atoms with van der Waals surface area (Å²) in [5.74, 6) is -0.627. The summed E-state index contributed by atoms with van der Waals surface area (Å²) >= 11 is 12.6. The number of nitrogens with zero attached hydrogens (tertiary/aromatic N) is 2. The first-order valence-electron chi connectivity index (χ1n) is 6.78. The summed E-state index contributed by atoms with van der Waals surface area (Å²) in [5.41, 5.74) is 7.18. The van der Waals surface area contributed by atoms with Crippen LogP contribution in [0.3, 0.4) is 0 Å². The third kappa shape index (κ3) is 3.78. The van der Waals surface area contributed by atoms with Crippen molar-refractivity contribution in [3.05, 3.63) is 22.2 Å². The van der Waals surface area contributed by atoms with E-state index in [0.717, 1.165) is 18.6 Å². The summed E-state index contributed by atoms with van der Waals surface area (Å²) in [6, 6.07) is 2.83. The van der Waals surface area contributed by atoms with Gasteiger partial charge in [0.25, 0.3) is 0 Å². The van der Waals surface area contributed by atoms with Crippen LogP contribution in [-0.4, -0.2) is 30.0 Å². The quantitative estimate of drug-likeness (QED) is 0.449. The van der Waals surface area contributed by atoms with Gasteiger partial charge in [0, 0.05) is 10.6 Å². The van der Waals surface area contributed by atoms with Gasteiger partial charge in [-0.3, -0.25) is 4.99 Å². The topological polar surface area (TPSA) is 50.7 Å². The molecule has 0 amide bonds. The van der Waals surface area contributed by atoms with Crippen molar-refractivity contribution in [2.45, 2.75) is 23.9 Å². The van der Waals surface area contributed by atoms with Crippen LogP contribution in [0.1, 0.15) is 12.8 Å². The molecule has 23 heavy (non-hydrogen) atoms. The summed E-state index contributed by atoms with van der Waals surface area (Å²) in [6.07, 6.45) is -2.50. The van der Waals surface area contributed by atoms with Crippen molar-refractivity contribution in [3.8, 4) is 0 Å². The summed E-state index contributed by atoms with van der Waals surface area (Å²) in [7, 11) is 0. The van der Waals surface area contributed by atoms with E-state index in [4.69, 9.17) is 28.9 Å². The van der Waals surface area contributed by atoms with Gasteiger partial charge in [-0.2, -0.15) is 13.2 Å². The Morgan fingerprint density at radius 3 is 2.48 bits per heavy atom. The van der Waals surface area contributed by atoms with Gasteiger partial charge >= 0.3 is 6.18 Å². The first-order chi connectivity index (χ1) is 10.7. The lowest BCUT2D eigenvalue weighted by molar-refractivity contribution is -0.105. The van der Waals surface area contributed by atoms with Gasteiger partial charge in [0.15, 0.2) is 0 Å². The molecule has 2 N–H and O–H groups in total. The SMILES string of the molecule is NC(=Nc1cc(SCC(F)(F)F)c(Cl)cc1Cl)C1(C2=NC2)CC1. The summed E-state index contributed by atoms with van der Waals surface area (Å²) in [4.78, 5) is 8.78. The third-order valence-corrected chi connectivity index (χ3v) is 5.59. The molecule has 9 heteroatoms. The Morgan fingerprint density at radius 2 is 1.96 bits per heavy atom. The molecular formula is C14H12Cl2F3N3S. The molecule has 3 rings (SSSR count). The van der Waals surface area contributed by atoms with E-state index in [1.54, 1.807) is 0 Å². The molecule has 1 fully saturated rings. The molecule has 1 aromatic rings. The minimum Gasteiger partial charge on any atom is -0.386 e. The van der Waals surface area contributed by atoms with Gasteiger partial charge in [-0.1, -0.05) is 23.2 Å². The number of nitrogens with two attached hydrogens (primary N) is 1. The maximum absolute atomic E-state index is 12.4. The van der Waals surface area contributed by atoms with Crippen LogP contribution in [0.15, 0.2) is 27.0 Å². The molecule has 0 aromatic heterocycles. The Kier molecular flexibility index (Phi) is 4.31. The normalized spacial score (nSPS) is 19.5. The average molecular weight is 382 g/mol. The molecular weight excluding hydrogens is 370 g/mol. The lowest BCUT2D eigenvalue weighted by Gasteiger charge is -2.12. The fraction of sp³-hybridized carbons (Fsp3) is 0.429. The zero-order valence-electron chi connectivity index (χ0n) is 11.8. The highest BCUT2D eigenvalue weighted by Crippen LogP contribution is 2.51. The van der Waals surface area contributed by atoms with Crippen molar-refractivity contribution >= 4 is 52.2 Å². The molecule has 1 aromatic carbocycles. The van der Waals surface area contributed by atoms with Crippen molar-refractivity contribution < 1.29 is 13.2 Å². The second-order valence-electron chi connectivity index (χ2n) is 5.48. The average Bonchev–Trinajstić information content (AvgIpc) is 3.31. The predicted molar refractivity (Wildman–Crippen MR) is 88.5 cm³/mol. The number of benzene rings is 1. The molecule has 124 valence electrons. The number of hydrogen-bond donors (Lipinski definition) is 1. The number of rotatable bonds is 5. The van der Waals surface area contributed by atoms with Gasteiger partial charge in [-0.15, -0.1) is 11.8 Å². The Labute approximate surface area is 145 Å². The van der Waals surface area contributed by atoms with Crippen LogP contribution in [0.4, 0.5) is 18.9 Å².